The van der Waals surface area contributed by atoms with Crippen molar-refractivity contribution in [3.8, 4) is 0 Å². The largest absolute Gasteiger partial charge is 0.461 e. The molecule has 2 nitrogen and oxygen atoms in total. The summed E-state index contributed by atoms with van der Waals surface area (Å²) in [4.78, 5) is 10.2. The average molecular weight is 330 g/mol. The van der Waals surface area contributed by atoms with Gasteiger partial charge in [-0.25, -0.2) is 0 Å². The Morgan fingerprint density at radius 2 is 1.00 bits per heavy atom. The van der Waals surface area contributed by atoms with Crippen molar-refractivity contribution in [3.05, 3.63) is 0 Å². The molecule has 0 heterocycles. The molecule has 0 fully saturated rings. The normalized spacial score (nSPS) is 13.9. The van der Waals surface area contributed by atoms with E-state index in [-0.39, 0.29) is 0 Å². The first-order valence-corrected chi connectivity index (χ1v) is 4.10. The number of rotatable bonds is 2. The summed E-state index contributed by atoms with van der Waals surface area (Å²) in [5, 5.41) is 7.00. The fourth-order valence-corrected chi connectivity index (χ4v) is 0.804. The summed E-state index contributed by atoms with van der Waals surface area (Å²) in [6, 6.07) is 0. The van der Waals surface area contributed by atoms with Gasteiger partial charge in [0.05, 0.1) is 0 Å². The van der Waals surface area contributed by atoms with E-state index in [1.807, 2.05) is 0 Å². The molecule has 0 aromatic rings. The number of carbonyl (C=O) groups excluding carboxylic acids is 1. The molecule has 0 rings (SSSR count). The van der Waals surface area contributed by atoms with E-state index >= 15 is 0 Å². The Balaban J connectivity index is 0. The van der Waals surface area contributed by atoms with Gasteiger partial charge in [-0.1, -0.05) is 0 Å². The molecule has 0 aliphatic heterocycles. The number of carbonyl (C=O) groups is 1. The van der Waals surface area contributed by atoms with Gasteiger partial charge in [0.2, 0.25) is 11.7 Å². The zero-order valence-corrected chi connectivity index (χ0v) is 9.09. The molecule has 0 unspecified atom stereocenters. The minimum absolute atomic E-state index is 1.00. The van der Waals surface area contributed by atoms with Gasteiger partial charge in [-0.05, 0) is 0 Å². The van der Waals surface area contributed by atoms with Gasteiger partial charge < -0.3 is 5.11 Å². The van der Waals surface area contributed by atoms with Gasteiger partial charge in [0.15, 0.2) is 0 Å². The van der Waals surface area contributed by atoms with Crippen LogP contribution < -0.4 is 0 Å². The van der Waals surface area contributed by atoms with Crippen LogP contribution in [0.3, 0.4) is 0 Å². The predicted molar refractivity (Wildman–Crippen MR) is 39.8 cm³/mol. The predicted octanol–water partition coefficient (Wildman–Crippen LogP) is 3.10. The van der Waals surface area contributed by atoms with Crippen LogP contribution in [0, 0.1) is 5.92 Å². The first-order chi connectivity index (χ1) is 8.53. The topological polar surface area (TPSA) is 37.3 Å². The number of alkyl halides is 11. The molecule has 0 aliphatic carbocycles. The maximum Gasteiger partial charge on any atom is 0.461 e. The van der Waals surface area contributed by atoms with Crippen LogP contribution in [0.15, 0.2) is 0 Å². The molecule has 0 aromatic heterocycles. The Morgan fingerprint density at radius 1 is 0.750 bits per heavy atom. The van der Waals surface area contributed by atoms with Gasteiger partial charge in [0, 0.05) is 7.11 Å². The van der Waals surface area contributed by atoms with E-state index in [1.165, 1.54) is 0 Å². The van der Waals surface area contributed by atoms with Gasteiger partial charge in [0.25, 0.3) is 0 Å². The first-order valence-electron chi connectivity index (χ1n) is 4.10. The summed E-state index contributed by atoms with van der Waals surface area (Å²) >= 11 is 0. The Bertz CT molecular complexity index is 309. The van der Waals surface area contributed by atoms with E-state index in [0.717, 1.165) is 7.11 Å². The van der Waals surface area contributed by atoms with Gasteiger partial charge in [-0.3, -0.25) is 4.79 Å². The zero-order valence-electron chi connectivity index (χ0n) is 9.09. The van der Waals surface area contributed by atoms with E-state index in [1.54, 1.807) is 0 Å². The number of halogens is 11. The molecule has 1 N–H and O–H groups in total. The van der Waals surface area contributed by atoms with Crippen molar-refractivity contribution >= 4 is 5.78 Å². The maximum atomic E-state index is 12.2. The molecule has 20 heavy (non-hydrogen) atoms. The molecule has 0 atom stereocenters. The van der Waals surface area contributed by atoms with Crippen molar-refractivity contribution in [2.45, 2.75) is 24.5 Å². The van der Waals surface area contributed by atoms with Gasteiger partial charge in [0.1, 0.15) is 0 Å². The van der Waals surface area contributed by atoms with Crippen LogP contribution >= 0.6 is 0 Å². The van der Waals surface area contributed by atoms with Crippen molar-refractivity contribution in [1.82, 2.24) is 0 Å². The lowest BCUT2D eigenvalue weighted by Crippen LogP contribution is -2.54. The van der Waals surface area contributed by atoms with Gasteiger partial charge in [-0.15, -0.1) is 0 Å². The van der Waals surface area contributed by atoms with E-state index in [2.05, 4.69) is 0 Å². The third-order valence-corrected chi connectivity index (χ3v) is 1.58. The summed E-state index contributed by atoms with van der Waals surface area (Å²) in [7, 11) is 1.00. The van der Waals surface area contributed by atoms with E-state index < -0.39 is 36.2 Å². The molecule has 13 heteroatoms. The summed E-state index contributed by atoms with van der Waals surface area (Å²) in [5.41, 5.74) is 0. The lowest BCUT2D eigenvalue weighted by Gasteiger charge is -2.26. The van der Waals surface area contributed by atoms with E-state index in [9.17, 15) is 53.1 Å². The Labute approximate surface area is 103 Å². The minimum atomic E-state index is -6.85. The molecular weight excluding hydrogens is 325 g/mol. The highest BCUT2D eigenvalue weighted by atomic mass is 19.4. The molecule has 0 saturated carbocycles. The van der Waals surface area contributed by atoms with Crippen LogP contribution in [0.25, 0.3) is 0 Å². The van der Waals surface area contributed by atoms with Crippen LogP contribution in [0.1, 0.15) is 0 Å². The monoisotopic (exact) mass is 330 g/mol. The van der Waals surface area contributed by atoms with E-state index in [0.29, 0.717) is 0 Å². The fraction of sp³-hybridized carbons (Fsp3) is 0.857. The molecule has 0 aromatic carbocycles. The van der Waals surface area contributed by atoms with Crippen LogP contribution in [-0.4, -0.2) is 42.5 Å². The second-order valence-electron chi connectivity index (χ2n) is 2.95. The van der Waals surface area contributed by atoms with Crippen LogP contribution in [0.5, 0.6) is 0 Å². The summed E-state index contributed by atoms with van der Waals surface area (Å²) in [6.45, 7) is 0. The van der Waals surface area contributed by atoms with Crippen LogP contribution in [-0.2, 0) is 4.79 Å². The second-order valence-corrected chi connectivity index (χ2v) is 2.95. The number of Topliss-reactive ketones (excluding diaryl/α,β-unsaturated/α-hetero) is 1. The number of aliphatic hydroxyl groups is 1. The van der Waals surface area contributed by atoms with Gasteiger partial charge in [-0.2, -0.15) is 48.3 Å². The van der Waals surface area contributed by atoms with Crippen LogP contribution in [0.2, 0.25) is 0 Å². The third kappa shape index (κ3) is 4.76. The third-order valence-electron chi connectivity index (χ3n) is 1.58. The van der Waals surface area contributed by atoms with Gasteiger partial charge >= 0.3 is 24.5 Å². The fourth-order valence-electron chi connectivity index (χ4n) is 0.804. The first kappa shape index (κ1) is 21.2. The minimum Gasteiger partial charge on any atom is -0.400 e. The number of ketones is 1. The Morgan fingerprint density at radius 3 is 1.15 bits per heavy atom. The van der Waals surface area contributed by atoms with Crippen LogP contribution in [0.4, 0.5) is 48.3 Å². The smallest absolute Gasteiger partial charge is 0.400 e. The highest BCUT2D eigenvalue weighted by Gasteiger charge is 2.73. The van der Waals surface area contributed by atoms with Crippen molar-refractivity contribution in [1.29, 1.82) is 0 Å². The Kier molecular flexibility index (Phi) is 6.45. The summed E-state index contributed by atoms with van der Waals surface area (Å²) < 4.78 is 129. The molecule has 0 spiro atoms. The molecule has 0 aliphatic rings. The number of aliphatic hydroxyl groups excluding tert-OH is 1. The summed E-state index contributed by atoms with van der Waals surface area (Å²) in [5.74, 6) is -16.5. The number of hydrogen-bond donors (Lipinski definition) is 1. The summed E-state index contributed by atoms with van der Waals surface area (Å²) in [6.07, 6.45) is -20.1. The lowest BCUT2D eigenvalue weighted by molar-refractivity contribution is -0.303. The zero-order chi connectivity index (χ0) is 17.2. The molecule has 0 saturated heterocycles. The van der Waals surface area contributed by atoms with Crippen molar-refractivity contribution < 1.29 is 58.2 Å². The SMILES string of the molecule is CO.O=C(C(C(F)(F)F)C(F)(F)F)C(F)(F)C(F)(F)F. The molecule has 0 radical (unpaired) electrons. The maximum absolute atomic E-state index is 12.2. The van der Waals surface area contributed by atoms with E-state index in [4.69, 9.17) is 5.11 Å². The Hall–Kier alpha value is -1.14. The van der Waals surface area contributed by atoms with Crippen molar-refractivity contribution in [2.24, 2.45) is 5.92 Å². The molecule has 0 bridgehead atoms. The molecular formula is C7H5F11O2. The average Bonchev–Trinajstić information content (AvgIpc) is 2.14. The lowest BCUT2D eigenvalue weighted by atomic mass is 9.97. The molecule has 0 amide bonds. The highest BCUT2D eigenvalue weighted by molar-refractivity contribution is 5.90. The second kappa shape index (κ2) is 6.10. The molecule has 122 valence electrons. The van der Waals surface area contributed by atoms with Crippen molar-refractivity contribution in [3.63, 3.8) is 0 Å². The number of hydrogen-bond acceptors (Lipinski definition) is 2. The van der Waals surface area contributed by atoms with Crippen molar-refractivity contribution in [2.75, 3.05) is 7.11 Å². The standard InChI is InChI=1S/C6HF11O.CH4O/c7-3(8,6(15,16)17)2(18)1(4(9,10)11)5(12,13)14;1-2/h1H;2H,1H3. The quantitative estimate of drug-likeness (QED) is 0.790. The highest BCUT2D eigenvalue weighted by Crippen LogP contribution is 2.46.